The number of amides is 1. The van der Waals surface area contributed by atoms with Crippen molar-refractivity contribution in [2.45, 2.75) is 12.5 Å². The number of hydrogen-bond donors (Lipinski definition) is 1. The van der Waals surface area contributed by atoms with Gasteiger partial charge in [0.25, 0.3) is 0 Å². The smallest absolute Gasteiger partial charge is 0.410 e. The molecule has 1 unspecified atom stereocenters. The highest BCUT2D eigenvalue weighted by Gasteiger charge is 2.32. The molecular formula is C13H15NO5. The number of hydrogen-bond acceptors (Lipinski definition) is 4. The molecule has 19 heavy (non-hydrogen) atoms. The van der Waals surface area contributed by atoms with E-state index in [2.05, 4.69) is 0 Å². The molecule has 0 bridgehead atoms. The van der Waals surface area contributed by atoms with Crippen molar-refractivity contribution in [1.82, 2.24) is 4.90 Å². The number of carbonyl (C=O) groups excluding carboxylic acids is 1. The van der Waals surface area contributed by atoms with E-state index in [0.717, 1.165) is 5.56 Å². The van der Waals surface area contributed by atoms with Crippen LogP contribution in [-0.4, -0.2) is 42.3 Å². The van der Waals surface area contributed by atoms with E-state index in [1.165, 1.54) is 4.90 Å². The zero-order valence-electron chi connectivity index (χ0n) is 10.5. The summed E-state index contributed by atoms with van der Waals surface area (Å²) in [6.07, 6.45) is -0.939. The van der Waals surface area contributed by atoms with Crippen molar-refractivity contribution < 1.29 is 24.2 Å². The van der Waals surface area contributed by atoms with Crippen molar-refractivity contribution in [2.24, 2.45) is 0 Å². The maximum Gasteiger partial charge on any atom is 0.410 e. The molecule has 1 heterocycles. The number of carbonyl (C=O) groups is 2. The van der Waals surface area contributed by atoms with Gasteiger partial charge in [0, 0.05) is 6.54 Å². The monoisotopic (exact) mass is 265 g/mol. The second-order valence-electron chi connectivity index (χ2n) is 4.24. The largest absolute Gasteiger partial charge is 0.497 e. The molecule has 0 aliphatic carbocycles. The Hall–Kier alpha value is -2.24. The van der Waals surface area contributed by atoms with Crippen LogP contribution in [0.5, 0.6) is 5.75 Å². The Balaban J connectivity index is 2.03. The number of nitrogens with zero attached hydrogens (tertiary/aromatic N) is 1. The molecule has 102 valence electrons. The van der Waals surface area contributed by atoms with Crippen molar-refractivity contribution in [3.63, 3.8) is 0 Å². The van der Waals surface area contributed by atoms with Gasteiger partial charge in [-0.1, -0.05) is 12.1 Å². The molecule has 1 saturated heterocycles. The molecule has 1 N–H and O–H groups in total. The molecule has 0 saturated carbocycles. The molecule has 0 aromatic heterocycles. The minimum atomic E-state index is -0.933. The normalized spacial score (nSPS) is 18.3. The first-order valence-electron chi connectivity index (χ1n) is 5.91. The molecule has 1 aliphatic heterocycles. The van der Waals surface area contributed by atoms with Crippen molar-refractivity contribution in [1.29, 1.82) is 0 Å². The number of rotatable bonds is 5. The quantitative estimate of drug-likeness (QED) is 0.876. The third kappa shape index (κ3) is 3.15. The Morgan fingerprint density at radius 2 is 2.37 bits per heavy atom. The summed E-state index contributed by atoms with van der Waals surface area (Å²) in [5.41, 5.74) is 0.838. The lowest BCUT2D eigenvalue weighted by Gasteiger charge is -2.11. The van der Waals surface area contributed by atoms with Gasteiger partial charge in [-0.15, -0.1) is 0 Å². The Kier molecular flexibility index (Phi) is 3.89. The number of cyclic esters (lactones) is 1. The summed E-state index contributed by atoms with van der Waals surface area (Å²) in [7, 11) is 1.57. The summed E-state index contributed by atoms with van der Waals surface area (Å²) in [5.74, 6) is -0.241. The second-order valence-corrected chi connectivity index (χ2v) is 4.24. The van der Waals surface area contributed by atoms with Gasteiger partial charge in [0.05, 0.1) is 20.1 Å². The predicted molar refractivity (Wildman–Crippen MR) is 66.0 cm³/mol. The van der Waals surface area contributed by atoms with Gasteiger partial charge >= 0.3 is 12.1 Å². The van der Waals surface area contributed by atoms with Crippen LogP contribution in [0.2, 0.25) is 0 Å². The van der Waals surface area contributed by atoms with Crippen molar-refractivity contribution in [3.8, 4) is 5.75 Å². The minimum absolute atomic E-state index is 0.0834. The number of carboxylic acids is 1. The van der Waals surface area contributed by atoms with Crippen LogP contribution in [0.4, 0.5) is 4.79 Å². The van der Waals surface area contributed by atoms with Gasteiger partial charge in [-0.25, -0.2) is 4.79 Å². The van der Waals surface area contributed by atoms with Gasteiger partial charge in [0.2, 0.25) is 0 Å². The van der Waals surface area contributed by atoms with Crippen LogP contribution in [0.15, 0.2) is 24.3 Å². The fourth-order valence-corrected chi connectivity index (χ4v) is 1.94. The zero-order valence-corrected chi connectivity index (χ0v) is 10.5. The molecule has 0 radical (unpaired) electrons. The molecule has 1 aromatic carbocycles. The minimum Gasteiger partial charge on any atom is -0.497 e. The Morgan fingerprint density at radius 3 is 3.05 bits per heavy atom. The summed E-state index contributed by atoms with van der Waals surface area (Å²) >= 11 is 0. The Labute approximate surface area is 110 Å². The van der Waals surface area contributed by atoms with E-state index >= 15 is 0 Å². The van der Waals surface area contributed by atoms with E-state index < -0.39 is 12.1 Å². The first-order valence-corrected chi connectivity index (χ1v) is 5.91. The molecule has 1 amide bonds. The average molecular weight is 265 g/mol. The maximum atomic E-state index is 11.6. The predicted octanol–water partition coefficient (Wildman–Crippen LogP) is 1.66. The summed E-state index contributed by atoms with van der Waals surface area (Å²) in [4.78, 5) is 23.5. The molecule has 1 atom stereocenters. The molecule has 6 heteroatoms. The van der Waals surface area contributed by atoms with Crippen LogP contribution in [0, 0.1) is 0 Å². The standard InChI is InChI=1S/C13H15NO5/c1-18-10-4-2-3-9(7-10)11-8-14(13(17)19-11)6-5-12(15)16/h2-4,7,11H,5-6,8H2,1H3,(H,15,16). The average Bonchev–Trinajstić information content (AvgIpc) is 2.78. The van der Waals surface area contributed by atoms with Crippen LogP contribution in [0.3, 0.4) is 0 Å². The van der Waals surface area contributed by atoms with Crippen LogP contribution in [-0.2, 0) is 9.53 Å². The molecule has 1 aliphatic rings. The van der Waals surface area contributed by atoms with Crippen molar-refractivity contribution in [2.75, 3.05) is 20.2 Å². The number of carboxylic acid groups (broad SMARTS) is 1. The van der Waals surface area contributed by atoms with Gasteiger partial charge in [0.1, 0.15) is 11.9 Å². The highest BCUT2D eigenvalue weighted by atomic mass is 16.6. The number of aliphatic carboxylic acids is 1. The highest BCUT2D eigenvalue weighted by Crippen LogP contribution is 2.28. The Bertz CT molecular complexity index is 488. The maximum absolute atomic E-state index is 11.6. The van der Waals surface area contributed by atoms with E-state index in [4.69, 9.17) is 14.6 Å². The van der Waals surface area contributed by atoms with Gasteiger partial charge < -0.3 is 19.5 Å². The fraction of sp³-hybridized carbons (Fsp3) is 0.385. The summed E-state index contributed by atoms with van der Waals surface area (Å²) in [5, 5.41) is 8.62. The van der Waals surface area contributed by atoms with Gasteiger partial charge in [-0.2, -0.15) is 0 Å². The molecule has 1 fully saturated rings. The van der Waals surface area contributed by atoms with Crippen LogP contribution in [0.1, 0.15) is 18.1 Å². The van der Waals surface area contributed by atoms with Crippen LogP contribution >= 0.6 is 0 Å². The molecule has 0 spiro atoms. The van der Waals surface area contributed by atoms with E-state index in [-0.39, 0.29) is 19.1 Å². The lowest BCUT2D eigenvalue weighted by atomic mass is 10.1. The molecular weight excluding hydrogens is 250 g/mol. The summed E-state index contributed by atoms with van der Waals surface area (Å²) in [6.45, 7) is 0.522. The van der Waals surface area contributed by atoms with Crippen molar-refractivity contribution in [3.05, 3.63) is 29.8 Å². The van der Waals surface area contributed by atoms with Crippen LogP contribution < -0.4 is 4.74 Å². The van der Waals surface area contributed by atoms with Gasteiger partial charge in [-0.3, -0.25) is 4.79 Å². The molecule has 6 nitrogen and oxygen atoms in total. The van der Waals surface area contributed by atoms with E-state index in [9.17, 15) is 9.59 Å². The Morgan fingerprint density at radius 1 is 1.58 bits per heavy atom. The first-order chi connectivity index (χ1) is 9.10. The van der Waals surface area contributed by atoms with Crippen molar-refractivity contribution >= 4 is 12.1 Å². The third-order valence-corrected chi connectivity index (χ3v) is 2.95. The van der Waals surface area contributed by atoms with Gasteiger partial charge in [0.15, 0.2) is 0 Å². The summed E-state index contributed by atoms with van der Waals surface area (Å²) in [6, 6.07) is 7.28. The lowest BCUT2D eigenvalue weighted by molar-refractivity contribution is -0.137. The number of ether oxygens (including phenoxy) is 2. The van der Waals surface area contributed by atoms with Gasteiger partial charge in [-0.05, 0) is 17.7 Å². The van der Waals surface area contributed by atoms with E-state index in [0.29, 0.717) is 12.3 Å². The van der Waals surface area contributed by atoms with E-state index in [1.807, 2.05) is 18.2 Å². The first kappa shape index (κ1) is 13.2. The number of methoxy groups -OCH3 is 1. The molecule has 1 aromatic rings. The zero-order chi connectivity index (χ0) is 13.8. The topological polar surface area (TPSA) is 76.1 Å². The summed E-state index contributed by atoms with van der Waals surface area (Å²) < 4.78 is 10.3. The van der Waals surface area contributed by atoms with Crippen LogP contribution in [0.25, 0.3) is 0 Å². The third-order valence-electron chi connectivity index (χ3n) is 2.95. The lowest BCUT2D eigenvalue weighted by Crippen LogP contribution is -2.27. The van der Waals surface area contributed by atoms with E-state index in [1.54, 1.807) is 13.2 Å². The molecule has 2 rings (SSSR count). The fourth-order valence-electron chi connectivity index (χ4n) is 1.94. The highest BCUT2D eigenvalue weighted by molar-refractivity contribution is 5.72. The SMILES string of the molecule is COc1cccc(C2CN(CCC(=O)O)C(=O)O2)c1. The second kappa shape index (κ2) is 5.60. The number of benzene rings is 1.